The average molecular weight is 199 g/mol. The smallest absolute Gasteiger partial charge is 0.306 e. The van der Waals surface area contributed by atoms with Crippen molar-refractivity contribution in [2.45, 2.75) is 32.6 Å². The summed E-state index contributed by atoms with van der Waals surface area (Å²) < 4.78 is 4.62. The Kier molecular flexibility index (Phi) is 4.94. The van der Waals surface area contributed by atoms with Crippen LogP contribution in [0.25, 0.3) is 0 Å². The van der Waals surface area contributed by atoms with Crippen LogP contribution in [0.4, 0.5) is 0 Å². The van der Waals surface area contributed by atoms with Gasteiger partial charge in [-0.1, -0.05) is 13.3 Å². The second kappa shape index (κ2) is 6.02. The van der Waals surface area contributed by atoms with E-state index in [1.807, 2.05) is 0 Å². The van der Waals surface area contributed by atoms with Crippen molar-refractivity contribution in [2.24, 2.45) is 5.92 Å². The molecule has 0 aromatic carbocycles. The summed E-state index contributed by atoms with van der Waals surface area (Å²) in [7, 11) is 1.45. The molecule has 82 valence electrons. The zero-order valence-corrected chi connectivity index (χ0v) is 9.29. The van der Waals surface area contributed by atoms with Crippen molar-refractivity contribution in [3.63, 3.8) is 0 Å². The first-order valence-electron chi connectivity index (χ1n) is 5.55. The second-order valence-electron chi connectivity index (χ2n) is 4.02. The molecular formula is C11H21NO2. The van der Waals surface area contributed by atoms with Gasteiger partial charge in [0, 0.05) is 6.54 Å². The fourth-order valence-corrected chi connectivity index (χ4v) is 1.97. The molecule has 0 N–H and O–H groups in total. The van der Waals surface area contributed by atoms with E-state index in [-0.39, 0.29) is 5.97 Å². The minimum Gasteiger partial charge on any atom is -0.469 e. The maximum atomic E-state index is 10.9. The molecule has 0 aromatic heterocycles. The van der Waals surface area contributed by atoms with Crippen LogP contribution in [-0.4, -0.2) is 37.6 Å². The average Bonchev–Trinajstić information content (AvgIpc) is 2.26. The number of carbonyl (C=O) groups excluding carboxylic acids is 1. The molecule has 0 spiro atoms. The molecule has 1 aliphatic rings. The molecule has 14 heavy (non-hydrogen) atoms. The molecule has 0 saturated carbocycles. The molecule has 0 unspecified atom stereocenters. The first-order chi connectivity index (χ1) is 6.76. The van der Waals surface area contributed by atoms with Gasteiger partial charge in [0.1, 0.15) is 0 Å². The number of carbonyl (C=O) groups is 1. The summed E-state index contributed by atoms with van der Waals surface area (Å²) >= 11 is 0. The Morgan fingerprint density at radius 1 is 1.43 bits per heavy atom. The van der Waals surface area contributed by atoms with Gasteiger partial charge in [0.25, 0.3) is 0 Å². The van der Waals surface area contributed by atoms with E-state index >= 15 is 0 Å². The van der Waals surface area contributed by atoms with Crippen LogP contribution in [0.2, 0.25) is 0 Å². The standard InChI is InChI=1S/C11H21NO2/c1-3-10-4-7-12(8-5-10)9-6-11(13)14-2/h10H,3-9H2,1-2H3. The Balaban J connectivity index is 2.13. The quantitative estimate of drug-likeness (QED) is 0.645. The number of methoxy groups -OCH3 is 1. The zero-order chi connectivity index (χ0) is 10.4. The van der Waals surface area contributed by atoms with Gasteiger partial charge in [-0.15, -0.1) is 0 Å². The summed E-state index contributed by atoms with van der Waals surface area (Å²) in [4.78, 5) is 13.3. The van der Waals surface area contributed by atoms with E-state index in [2.05, 4.69) is 16.6 Å². The number of ether oxygens (including phenoxy) is 1. The number of piperidine rings is 1. The van der Waals surface area contributed by atoms with Gasteiger partial charge in [-0.2, -0.15) is 0 Å². The summed E-state index contributed by atoms with van der Waals surface area (Å²) in [6.07, 6.45) is 4.41. The van der Waals surface area contributed by atoms with Gasteiger partial charge < -0.3 is 9.64 Å². The lowest BCUT2D eigenvalue weighted by Gasteiger charge is -2.31. The molecular weight excluding hydrogens is 178 g/mol. The van der Waals surface area contributed by atoms with Gasteiger partial charge >= 0.3 is 5.97 Å². The highest BCUT2D eigenvalue weighted by atomic mass is 16.5. The van der Waals surface area contributed by atoms with Crippen LogP contribution in [0.3, 0.4) is 0 Å². The molecule has 0 aromatic rings. The van der Waals surface area contributed by atoms with Crippen LogP contribution in [0.15, 0.2) is 0 Å². The minimum absolute atomic E-state index is 0.0948. The highest BCUT2D eigenvalue weighted by molar-refractivity contribution is 5.69. The number of hydrogen-bond donors (Lipinski definition) is 0. The third kappa shape index (κ3) is 3.66. The van der Waals surface area contributed by atoms with Crippen molar-refractivity contribution < 1.29 is 9.53 Å². The third-order valence-electron chi connectivity index (χ3n) is 3.14. The van der Waals surface area contributed by atoms with E-state index in [4.69, 9.17) is 0 Å². The lowest BCUT2D eigenvalue weighted by Crippen LogP contribution is -2.35. The van der Waals surface area contributed by atoms with Crippen molar-refractivity contribution in [2.75, 3.05) is 26.7 Å². The second-order valence-corrected chi connectivity index (χ2v) is 4.02. The summed E-state index contributed by atoms with van der Waals surface area (Å²) in [5.41, 5.74) is 0. The van der Waals surface area contributed by atoms with Gasteiger partial charge in [-0.3, -0.25) is 4.79 Å². The number of esters is 1. The van der Waals surface area contributed by atoms with Crippen molar-refractivity contribution >= 4 is 5.97 Å². The van der Waals surface area contributed by atoms with Gasteiger partial charge in [0.15, 0.2) is 0 Å². The number of nitrogens with zero attached hydrogens (tertiary/aromatic N) is 1. The topological polar surface area (TPSA) is 29.5 Å². The fraction of sp³-hybridized carbons (Fsp3) is 0.909. The zero-order valence-electron chi connectivity index (χ0n) is 9.29. The third-order valence-corrected chi connectivity index (χ3v) is 3.14. The summed E-state index contributed by atoms with van der Waals surface area (Å²) in [5, 5.41) is 0. The van der Waals surface area contributed by atoms with Crippen LogP contribution in [0, 0.1) is 5.92 Å². The van der Waals surface area contributed by atoms with E-state index in [0.717, 1.165) is 25.6 Å². The maximum Gasteiger partial charge on any atom is 0.306 e. The van der Waals surface area contributed by atoms with Gasteiger partial charge in [-0.25, -0.2) is 0 Å². The minimum atomic E-state index is -0.0948. The molecule has 3 heteroatoms. The van der Waals surface area contributed by atoms with Gasteiger partial charge in [0.2, 0.25) is 0 Å². The molecule has 3 nitrogen and oxygen atoms in total. The Hall–Kier alpha value is -0.570. The normalized spacial score (nSPS) is 19.6. The molecule has 0 atom stereocenters. The van der Waals surface area contributed by atoms with Crippen molar-refractivity contribution in [1.29, 1.82) is 0 Å². The Labute approximate surface area is 86.4 Å². The summed E-state index contributed by atoms with van der Waals surface area (Å²) in [5.74, 6) is 0.812. The molecule has 0 aliphatic carbocycles. The highest BCUT2D eigenvalue weighted by Gasteiger charge is 2.17. The van der Waals surface area contributed by atoms with Gasteiger partial charge in [0.05, 0.1) is 13.5 Å². The van der Waals surface area contributed by atoms with Gasteiger partial charge in [-0.05, 0) is 31.8 Å². The number of hydrogen-bond acceptors (Lipinski definition) is 3. The predicted molar refractivity (Wildman–Crippen MR) is 56.1 cm³/mol. The van der Waals surface area contributed by atoms with E-state index in [1.54, 1.807) is 0 Å². The lowest BCUT2D eigenvalue weighted by atomic mass is 9.94. The van der Waals surface area contributed by atoms with Crippen LogP contribution < -0.4 is 0 Å². The molecule has 1 rings (SSSR count). The number of rotatable bonds is 4. The summed E-state index contributed by atoms with van der Waals surface area (Å²) in [6.45, 7) is 5.42. The maximum absolute atomic E-state index is 10.9. The molecule has 0 radical (unpaired) electrons. The molecule has 1 fully saturated rings. The van der Waals surface area contributed by atoms with Crippen molar-refractivity contribution in [3.05, 3.63) is 0 Å². The Bertz CT molecular complexity index is 174. The van der Waals surface area contributed by atoms with Crippen LogP contribution in [0.5, 0.6) is 0 Å². The van der Waals surface area contributed by atoms with Crippen LogP contribution in [-0.2, 0) is 9.53 Å². The molecule has 1 aliphatic heterocycles. The fourth-order valence-electron chi connectivity index (χ4n) is 1.97. The first kappa shape index (κ1) is 11.5. The molecule has 1 heterocycles. The van der Waals surface area contributed by atoms with E-state index in [1.165, 1.54) is 26.4 Å². The van der Waals surface area contributed by atoms with Crippen molar-refractivity contribution in [3.8, 4) is 0 Å². The molecule has 1 saturated heterocycles. The predicted octanol–water partition coefficient (Wildman–Crippen LogP) is 1.67. The van der Waals surface area contributed by atoms with Crippen LogP contribution in [0.1, 0.15) is 32.6 Å². The number of likely N-dealkylation sites (tertiary alicyclic amines) is 1. The first-order valence-corrected chi connectivity index (χ1v) is 5.55. The molecule has 0 bridgehead atoms. The molecule has 0 amide bonds. The Morgan fingerprint density at radius 2 is 2.07 bits per heavy atom. The highest BCUT2D eigenvalue weighted by Crippen LogP contribution is 2.19. The van der Waals surface area contributed by atoms with E-state index in [0.29, 0.717) is 6.42 Å². The lowest BCUT2D eigenvalue weighted by molar-refractivity contribution is -0.141. The SMILES string of the molecule is CCC1CCN(CCC(=O)OC)CC1. The summed E-state index contributed by atoms with van der Waals surface area (Å²) in [6, 6.07) is 0. The van der Waals surface area contributed by atoms with Crippen molar-refractivity contribution in [1.82, 2.24) is 4.90 Å². The van der Waals surface area contributed by atoms with E-state index in [9.17, 15) is 4.79 Å². The monoisotopic (exact) mass is 199 g/mol. The van der Waals surface area contributed by atoms with E-state index < -0.39 is 0 Å². The largest absolute Gasteiger partial charge is 0.469 e. The van der Waals surface area contributed by atoms with Crippen LogP contribution >= 0.6 is 0 Å². The Morgan fingerprint density at radius 3 is 2.57 bits per heavy atom.